The Morgan fingerprint density at radius 1 is 1.18 bits per heavy atom. The summed E-state index contributed by atoms with van der Waals surface area (Å²) in [6, 6.07) is 10.7. The molecule has 1 aliphatic heterocycles. The monoisotopic (exact) mass is 699 g/mol. The van der Waals surface area contributed by atoms with Crippen LogP contribution in [0.4, 0.5) is 27.8 Å². The van der Waals surface area contributed by atoms with E-state index in [4.69, 9.17) is 9.72 Å². The molecule has 2 aromatic carbocycles. The number of nitrogens with one attached hydrogen (secondary N) is 1. The third kappa shape index (κ3) is 9.27. The Hall–Kier alpha value is -3.48. The van der Waals surface area contributed by atoms with Gasteiger partial charge < -0.3 is 19.7 Å². The number of halogens is 6. The molecule has 3 unspecified atom stereocenters. The van der Waals surface area contributed by atoms with Crippen molar-refractivity contribution in [1.82, 2.24) is 10.3 Å². The smallest absolute Gasteiger partial charge is 0.431 e. The predicted octanol–water partition coefficient (Wildman–Crippen LogP) is 8.08. The minimum Gasteiger partial charge on any atom is -0.431 e. The van der Waals surface area contributed by atoms with Gasteiger partial charge in [-0.3, -0.25) is 9.59 Å². The highest BCUT2D eigenvalue weighted by molar-refractivity contribution is 9.10. The summed E-state index contributed by atoms with van der Waals surface area (Å²) in [6.45, 7) is 3.99. The third-order valence-corrected chi connectivity index (χ3v) is 8.11. The lowest BCUT2D eigenvalue weighted by atomic mass is 9.92. The topological polar surface area (TPSA) is 80.8 Å². The van der Waals surface area contributed by atoms with E-state index in [2.05, 4.69) is 26.0 Å². The summed E-state index contributed by atoms with van der Waals surface area (Å²) < 4.78 is 77.7. The average molecular weight is 701 g/mol. The first-order valence-electron chi connectivity index (χ1n) is 14.8. The van der Waals surface area contributed by atoms with Crippen LogP contribution in [0.3, 0.4) is 0 Å². The zero-order valence-corrected chi connectivity index (χ0v) is 26.5. The van der Waals surface area contributed by atoms with Crippen LogP contribution in [0, 0.1) is 6.92 Å². The Bertz CT molecular complexity index is 1510. The van der Waals surface area contributed by atoms with E-state index in [-0.39, 0.29) is 43.5 Å². The van der Waals surface area contributed by atoms with E-state index in [0.29, 0.717) is 52.6 Å². The summed E-state index contributed by atoms with van der Waals surface area (Å²) in [5.41, 5.74) is 1.43. The molecule has 45 heavy (non-hydrogen) atoms. The van der Waals surface area contributed by atoms with Gasteiger partial charge in [0.25, 0.3) is 5.91 Å². The summed E-state index contributed by atoms with van der Waals surface area (Å²) >= 11 is 3.43. The van der Waals surface area contributed by atoms with E-state index in [1.54, 1.807) is 32.0 Å². The number of aromatic nitrogens is 1. The molecule has 1 N–H and O–H groups in total. The number of carbonyl (C=O) groups is 2. The van der Waals surface area contributed by atoms with Crippen LogP contribution in [0.1, 0.15) is 72.9 Å². The fourth-order valence-electron chi connectivity index (χ4n) is 5.52. The highest BCUT2D eigenvalue weighted by atomic mass is 79.9. The van der Waals surface area contributed by atoms with E-state index in [9.17, 15) is 31.5 Å². The summed E-state index contributed by atoms with van der Waals surface area (Å²) in [4.78, 5) is 32.8. The summed E-state index contributed by atoms with van der Waals surface area (Å²) in [5, 5.41) is 3.36. The van der Waals surface area contributed by atoms with Gasteiger partial charge >= 0.3 is 12.3 Å². The molecule has 0 radical (unpaired) electrons. The minimum atomic E-state index is -4.98. The standard InChI is InChI=1S/C32H35BrF5N3O4/c1-3-7-27(35)44-28(42)14-11-20(23-9-4-5-10-26(23)45-32(36,37)38)17-39-31(43)29-19(2)30(41-15-6-8-22(34)18-41)40-25-13-12-21(33)16-24(25)29/h4-5,9-10,12-13,16,20,22,27H,3,6-8,11,14-15,17-18H2,1-2H3,(H,39,43). The van der Waals surface area contributed by atoms with Crippen molar-refractivity contribution in [1.29, 1.82) is 0 Å². The van der Waals surface area contributed by atoms with Crippen LogP contribution in [0.15, 0.2) is 46.9 Å². The number of nitrogens with zero attached hydrogens (tertiary/aromatic N) is 2. The normalized spacial score (nSPS) is 16.7. The number of benzene rings is 2. The molecule has 0 bridgehead atoms. The Morgan fingerprint density at radius 3 is 2.64 bits per heavy atom. The second-order valence-electron chi connectivity index (χ2n) is 11.0. The molecule has 244 valence electrons. The fraction of sp³-hybridized carbons (Fsp3) is 0.469. The van der Waals surface area contributed by atoms with Gasteiger partial charge in [-0.15, -0.1) is 13.2 Å². The van der Waals surface area contributed by atoms with E-state index in [0.717, 1.165) is 6.07 Å². The number of amides is 1. The molecular formula is C32H35BrF5N3O4. The molecule has 1 aliphatic rings. The molecule has 4 rings (SSSR count). The molecular weight excluding hydrogens is 665 g/mol. The van der Waals surface area contributed by atoms with Gasteiger partial charge in [0, 0.05) is 47.3 Å². The van der Waals surface area contributed by atoms with Gasteiger partial charge in [-0.2, -0.15) is 0 Å². The van der Waals surface area contributed by atoms with Gasteiger partial charge in [0.1, 0.15) is 17.7 Å². The predicted molar refractivity (Wildman–Crippen MR) is 164 cm³/mol. The highest BCUT2D eigenvalue weighted by Gasteiger charge is 2.33. The fourth-order valence-corrected chi connectivity index (χ4v) is 5.88. The SMILES string of the molecule is CCCC(F)OC(=O)CCC(CNC(=O)c1c(C)c(N2CCCC(F)C2)nc2ccc(Br)cc12)c1ccccc1OC(F)(F)F. The maximum Gasteiger partial charge on any atom is 0.573 e. The van der Waals surface area contributed by atoms with Crippen LogP contribution in [-0.4, -0.2) is 55.4 Å². The Balaban J connectivity index is 1.65. The average Bonchev–Trinajstić information content (AvgIpc) is 2.96. The minimum absolute atomic E-state index is 0.0221. The number of para-hydroxylation sites is 1. The second-order valence-corrected chi connectivity index (χ2v) is 11.9. The van der Waals surface area contributed by atoms with Crippen molar-refractivity contribution in [3.8, 4) is 5.75 Å². The van der Waals surface area contributed by atoms with Gasteiger partial charge in [0.2, 0.25) is 6.36 Å². The zero-order valence-electron chi connectivity index (χ0n) is 24.9. The summed E-state index contributed by atoms with van der Waals surface area (Å²) in [5.74, 6) is -2.21. The molecule has 1 saturated heterocycles. The van der Waals surface area contributed by atoms with Crippen LogP contribution in [-0.2, 0) is 9.53 Å². The number of anilines is 1. The summed E-state index contributed by atoms with van der Waals surface area (Å²) in [6.07, 6.45) is -6.60. The van der Waals surface area contributed by atoms with Crippen molar-refractivity contribution in [2.24, 2.45) is 0 Å². The largest absolute Gasteiger partial charge is 0.573 e. The van der Waals surface area contributed by atoms with Crippen LogP contribution in [0.25, 0.3) is 10.9 Å². The molecule has 0 spiro atoms. The van der Waals surface area contributed by atoms with Crippen molar-refractivity contribution >= 4 is 44.5 Å². The number of esters is 1. The lowest BCUT2D eigenvalue weighted by molar-refractivity contribution is -0.275. The lowest BCUT2D eigenvalue weighted by Gasteiger charge is -2.32. The van der Waals surface area contributed by atoms with Crippen LogP contribution < -0.4 is 15.0 Å². The van der Waals surface area contributed by atoms with Crippen molar-refractivity contribution in [3.05, 3.63) is 63.6 Å². The van der Waals surface area contributed by atoms with E-state index >= 15 is 0 Å². The third-order valence-electron chi connectivity index (χ3n) is 7.62. The molecule has 1 fully saturated rings. The van der Waals surface area contributed by atoms with Crippen LogP contribution in [0.2, 0.25) is 0 Å². The Morgan fingerprint density at radius 2 is 1.93 bits per heavy atom. The highest BCUT2D eigenvalue weighted by Crippen LogP contribution is 2.35. The number of carbonyl (C=O) groups excluding carboxylic acids is 2. The molecule has 1 aromatic heterocycles. The van der Waals surface area contributed by atoms with E-state index in [1.165, 1.54) is 18.2 Å². The van der Waals surface area contributed by atoms with Crippen molar-refractivity contribution in [2.45, 2.75) is 77.2 Å². The number of hydrogen-bond donors (Lipinski definition) is 1. The number of hydrogen-bond acceptors (Lipinski definition) is 6. The van der Waals surface area contributed by atoms with Crippen molar-refractivity contribution in [3.63, 3.8) is 0 Å². The molecule has 0 saturated carbocycles. The first-order chi connectivity index (χ1) is 21.4. The molecule has 1 amide bonds. The lowest BCUT2D eigenvalue weighted by Crippen LogP contribution is -2.38. The number of fused-ring (bicyclic) bond motifs is 1. The quantitative estimate of drug-likeness (QED) is 0.152. The molecule has 3 atom stereocenters. The molecule has 3 aromatic rings. The maximum atomic E-state index is 14.3. The van der Waals surface area contributed by atoms with Gasteiger partial charge in [-0.05, 0) is 62.4 Å². The van der Waals surface area contributed by atoms with Crippen LogP contribution in [0.5, 0.6) is 5.75 Å². The maximum absolute atomic E-state index is 14.3. The van der Waals surface area contributed by atoms with E-state index in [1.807, 2.05) is 4.90 Å². The number of rotatable bonds is 12. The Kier molecular flexibility index (Phi) is 11.6. The first-order valence-corrected chi connectivity index (χ1v) is 15.6. The Labute approximate surface area is 266 Å². The van der Waals surface area contributed by atoms with E-state index < -0.39 is 42.4 Å². The molecule has 2 heterocycles. The van der Waals surface area contributed by atoms with Gasteiger partial charge in [-0.1, -0.05) is 41.1 Å². The number of ether oxygens (including phenoxy) is 2. The first kappa shape index (κ1) is 34.4. The van der Waals surface area contributed by atoms with Crippen LogP contribution >= 0.6 is 15.9 Å². The molecule has 13 heteroatoms. The number of alkyl halides is 5. The zero-order chi connectivity index (χ0) is 32.7. The van der Waals surface area contributed by atoms with Gasteiger partial charge in [0.15, 0.2) is 0 Å². The van der Waals surface area contributed by atoms with Gasteiger partial charge in [-0.25, -0.2) is 13.8 Å². The van der Waals surface area contributed by atoms with Crippen molar-refractivity contribution < 1.29 is 41.0 Å². The number of pyridine rings is 1. The van der Waals surface area contributed by atoms with Gasteiger partial charge in [0.05, 0.1) is 17.6 Å². The molecule has 0 aliphatic carbocycles. The number of piperidine rings is 1. The summed E-state index contributed by atoms with van der Waals surface area (Å²) in [7, 11) is 0. The molecule has 7 nitrogen and oxygen atoms in total. The second kappa shape index (κ2) is 15.2. The van der Waals surface area contributed by atoms with Crippen molar-refractivity contribution in [2.75, 3.05) is 24.5 Å².